The van der Waals surface area contributed by atoms with Crippen LogP contribution in [-0.4, -0.2) is 24.3 Å². The molecule has 2 aromatic heterocycles. The summed E-state index contributed by atoms with van der Waals surface area (Å²) in [5.41, 5.74) is 2.16. The number of hydrogen-bond acceptors (Lipinski definition) is 5. The predicted octanol–water partition coefficient (Wildman–Crippen LogP) is 4.17. The lowest BCUT2D eigenvalue weighted by Crippen LogP contribution is -2.14. The fraction of sp³-hybridized carbons (Fsp3) is 0.125. The minimum Gasteiger partial charge on any atom is -0.326 e. The van der Waals surface area contributed by atoms with Gasteiger partial charge in [-0.25, -0.2) is 8.42 Å². The number of pyridine rings is 2. The van der Waals surface area contributed by atoms with Gasteiger partial charge in [0.2, 0.25) is 5.91 Å². The summed E-state index contributed by atoms with van der Waals surface area (Å²) in [5.74, 6) is -0.0652. The number of fused-ring (bicyclic) bond motifs is 1. The normalized spacial score (nSPS) is 17.6. The van der Waals surface area contributed by atoms with Gasteiger partial charge in [0.25, 0.3) is 10.0 Å². The summed E-state index contributed by atoms with van der Waals surface area (Å²) in [6.07, 6.45) is 7.29. The zero-order valence-electron chi connectivity index (χ0n) is 17.0. The van der Waals surface area contributed by atoms with E-state index in [1.165, 1.54) is 12.4 Å². The first-order valence-electron chi connectivity index (χ1n) is 10.2. The first-order chi connectivity index (χ1) is 15.5. The Morgan fingerprint density at radius 1 is 0.844 bits per heavy atom. The third kappa shape index (κ3) is 4.17. The van der Waals surface area contributed by atoms with E-state index in [4.69, 9.17) is 0 Å². The van der Waals surface area contributed by atoms with Gasteiger partial charge in [0.1, 0.15) is 0 Å². The van der Waals surface area contributed by atoms with Gasteiger partial charge in [0.05, 0.1) is 10.6 Å². The molecule has 1 aliphatic carbocycles. The molecular formula is C24H20N4O3S. The van der Waals surface area contributed by atoms with Crippen LogP contribution in [0.25, 0.3) is 10.8 Å². The van der Waals surface area contributed by atoms with Gasteiger partial charge < -0.3 is 5.32 Å². The number of aromatic nitrogens is 2. The van der Waals surface area contributed by atoms with Crippen molar-refractivity contribution in [2.24, 2.45) is 5.92 Å². The summed E-state index contributed by atoms with van der Waals surface area (Å²) < 4.78 is 27.7. The van der Waals surface area contributed by atoms with Gasteiger partial charge in [0.15, 0.2) is 0 Å². The van der Waals surface area contributed by atoms with Crippen LogP contribution in [0, 0.1) is 5.92 Å². The van der Waals surface area contributed by atoms with Gasteiger partial charge in [-0.05, 0) is 65.8 Å². The molecular weight excluding hydrogens is 424 g/mol. The van der Waals surface area contributed by atoms with Crippen molar-refractivity contribution in [3.63, 3.8) is 0 Å². The predicted molar refractivity (Wildman–Crippen MR) is 123 cm³/mol. The molecule has 32 heavy (non-hydrogen) atoms. The van der Waals surface area contributed by atoms with Crippen molar-refractivity contribution in [2.75, 3.05) is 10.0 Å². The summed E-state index contributed by atoms with van der Waals surface area (Å²) in [6.45, 7) is 0. The highest BCUT2D eigenvalue weighted by atomic mass is 32.2. The number of amides is 1. The van der Waals surface area contributed by atoms with Crippen LogP contribution in [0.2, 0.25) is 0 Å². The summed E-state index contributed by atoms with van der Waals surface area (Å²) in [6, 6.07) is 17.5. The van der Waals surface area contributed by atoms with Crippen LogP contribution >= 0.6 is 0 Å². The van der Waals surface area contributed by atoms with Gasteiger partial charge in [-0.15, -0.1) is 0 Å². The number of sulfonamides is 1. The molecule has 160 valence electrons. The Labute approximate surface area is 185 Å². The second kappa shape index (κ2) is 8.05. The van der Waals surface area contributed by atoms with E-state index in [1.54, 1.807) is 48.8 Å². The number of carbonyl (C=O) groups is 1. The molecule has 1 saturated carbocycles. The van der Waals surface area contributed by atoms with Crippen LogP contribution in [0.5, 0.6) is 0 Å². The van der Waals surface area contributed by atoms with Gasteiger partial charge >= 0.3 is 0 Å². The van der Waals surface area contributed by atoms with E-state index in [-0.39, 0.29) is 22.6 Å². The Bertz CT molecular complexity index is 1390. The lowest BCUT2D eigenvalue weighted by Gasteiger charge is -2.09. The molecule has 2 N–H and O–H groups in total. The zero-order valence-corrected chi connectivity index (χ0v) is 17.8. The van der Waals surface area contributed by atoms with E-state index in [0.717, 1.165) is 28.4 Å². The molecule has 8 heteroatoms. The maximum absolute atomic E-state index is 12.7. The van der Waals surface area contributed by atoms with Crippen molar-refractivity contribution in [1.82, 2.24) is 9.97 Å². The highest BCUT2D eigenvalue weighted by molar-refractivity contribution is 7.92. The lowest BCUT2D eigenvalue weighted by atomic mass is 10.1. The van der Waals surface area contributed by atoms with Gasteiger partial charge in [0, 0.05) is 41.8 Å². The van der Waals surface area contributed by atoms with Crippen molar-refractivity contribution < 1.29 is 13.2 Å². The van der Waals surface area contributed by atoms with Crippen LogP contribution in [0.1, 0.15) is 17.9 Å². The van der Waals surface area contributed by atoms with Gasteiger partial charge in [-0.1, -0.05) is 18.2 Å². The molecule has 1 amide bonds. The molecule has 2 aromatic carbocycles. The molecule has 4 aromatic rings. The number of nitrogens with one attached hydrogen (secondary N) is 2. The van der Waals surface area contributed by atoms with Crippen LogP contribution in [0.4, 0.5) is 11.4 Å². The van der Waals surface area contributed by atoms with E-state index in [2.05, 4.69) is 20.0 Å². The highest BCUT2D eigenvalue weighted by Gasteiger charge is 2.44. The Hall–Kier alpha value is -3.78. The second-order valence-corrected chi connectivity index (χ2v) is 9.47. The fourth-order valence-corrected chi connectivity index (χ4v) is 4.84. The SMILES string of the molecule is O=C(Nc1ccc2cnccc2c1)[C@@H]1C[C@H]1c1ccc(S(=O)(=O)Nc2ccncc2)cc1. The lowest BCUT2D eigenvalue weighted by molar-refractivity contribution is -0.117. The quantitative estimate of drug-likeness (QED) is 0.465. The van der Waals surface area contributed by atoms with Gasteiger partial charge in [-0.2, -0.15) is 0 Å². The Kier molecular flexibility index (Phi) is 5.07. The molecule has 5 rings (SSSR count). The van der Waals surface area contributed by atoms with Crippen molar-refractivity contribution >= 4 is 38.1 Å². The third-order valence-corrected chi connectivity index (χ3v) is 6.98. The van der Waals surface area contributed by atoms with Crippen molar-refractivity contribution in [2.45, 2.75) is 17.2 Å². The van der Waals surface area contributed by atoms with E-state index in [9.17, 15) is 13.2 Å². The number of rotatable bonds is 6. The molecule has 0 unspecified atom stereocenters. The Balaban J connectivity index is 1.24. The van der Waals surface area contributed by atoms with Crippen LogP contribution in [-0.2, 0) is 14.8 Å². The first-order valence-corrected chi connectivity index (χ1v) is 11.7. The Morgan fingerprint density at radius 3 is 2.38 bits per heavy atom. The average Bonchev–Trinajstić information content (AvgIpc) is 3.61. The topological polar surface area (TPSA) is 101 Å². The van der Waals surface area contributed by atoms with E-state index < -0.39 is 10.0 Å². The molecule has 2 atom stereocenters. The molecule has 0 radical (unpaired) electrons. The fourth-order valence-electron chi connectivity index (χ4n) is 3.78. The van der Waals surface area contributed by atoms with E-state index in [1.807, 2.05) is 24.3 Å². The maximum Gasteiger partial charge on any atom is 0.261 e. The molecule has 7 nitrogen and oxygen atoms in total. The monoisotopic (exact) mass is 444 g/mol. The molecule has 1 aliphatic rings. The number of benzene rings is 2. The summed E-state index contributed by atoms with van der Waals surface area (Å²) in [5, 5.41) is 5.02. The van der Waals surface area contributed by atoms with E-state index >= 15 is 0 Å². The maximum atomic E-state index is 12.7. The largest absolute Gasteiger partial charge is 0.326 e. The van der Waals surface area contributed by atoms with Crippen molar-refractivity contribution in [3.8, 4) is 0 Å². The van der Waals surface area contributed by atoms with Gasteiger partial charge in [-0.3, -0.25) is 19.5 Å². The minimum absolute atomic E-state index is 0.0283. The first kappa shape index (κ1) is 20.1. The molecule has 1 fully saturated rings. The Morgan fingerprint density at radius 2 is 1.59 bits per heavy atom. The summed E-state index contributed by atoms with van der Waals surface area (Å²) in [7, 11) is -3.69. The van der Waals surface area contributed by atoms with Crippen LogP contribution < -0.4 is 10.0 Å². The smallest absolute Gasteiger partial charge is 0.261 e. The number of hydrogen-bond donors (Lipinski definition) is 2. The van der Waals surface area contributed by atoms with Crippen molar-refractivity contribution in [1.29, 1.82) is 0 Å². The third-order valence-electron chi connectivity index (χ3n) is 5.59. The second-order valence-electron chi connectivity index (χ2n) is 7.79. The standard InChI is InChI=1S/C24H20N4O3S/c29-24(27-20-4-1-18-15-26-10-7-17(18)13-20)23-14-22(23)16-2-5-21(6-3-16)32(30,31)28-19-8-11-25-12-9-19/h1-13,15,22-23H,14H2,(H,25,28)(H,27,29)/t22-,23+/m0/s1. The minimum atomic E-state index is -3.69. The molecule has 2 heterocycles. The average molecular weight is 445 g/mol. The summed E-state index contributed by atoms with van der Waals surface area (Å²) in [4.78, 5) is 20.8. The molecule has 0 bridgehead atoms. The number of carbonyl (C=O) groups excluding carboxylic acids is 1. The zero-order chi connectivity index (χ0) is 22.1. The molecule has 0 saturated heterocycles. The highest BCUT2D eigenvalue weighted by Crippen LogP contribution is 2.48. The van der Waals surface area contributed by atoms with Crippen LogP contribution in [0.15, 0.2) is 90.3 Å². The molecule has 0 aliphatic heterocycles. The van der Waals surface area contributed by atoms with E-state index in [0.29, 0.717) is 5.69 Å². The number of anilines is 2. The molecule has 0 spiro atoms. The summed E-state index contributed by atoms with van der Waals surface area (Å²) >= 11 is 0. The van der Waals surface area contributed by atoms with Crippen molar-refractivity contribution in [3.05, 3.63) is 91.0 Å². The van der Waals surface area contributed by atoms with Crippen LogP contribution in [0.3, 0.4) is 0 Å². The number of nitrogens with zero attached hydrogens (tertiary/aromatic N) is 2.